The molecule has 0 saturated heterocycles. The molecule has 1 aliphatic rings. The van der Waals surface area contributed by atoms with Crippen LogP contribution < -0.4 is 5.32 Å². The lowest BCUT2D eigenvalue weighted by Gasteiger charge is -2.20. The van der Waals surface area contributed by atoms with E-state index < -0.39 is 0 Å². The smallest absolute Gasteiger partial charge is 0.251 e. The Labute approximate surface area is 173 Å². The second kappa shape index (κ2) is 8.24. The predicted octanol–water partition coefficient (Wildman–Crippen LogP) is 4.92. The van der Waals surface area contributed by atoms with E-state index in [1.54, 1.807) is 0 Å². The summed E-state index contributed by atoms with van der Waals surface area (Å²) in [6, 6.07) is 16.5. The normalized spacial score (nSPS) is 14.3. The van der Waals surface area contributed by atoms with Crippen molar-refractivity contribution in [2.24, 2.45) is 0 Å². The van der Waals surface area contributed by atoms with Crippen molar-refractivity contribution in [3.63, 3.8) is 0 Å². The first-order valence-electron chi connectivity index (χ1n) is 10.5. The fraction of sp³-hybridized carbons (Fsp3) is 0.360. The highest BCUT2D eigenvalue weighted by atomic mass is 16.1. The van der Waals surface area contributed by atoms with Crippen molar-refractivity contribution < 1.29 is 4.79 Å². The number of carbonyl (C=O) groups is 1. The molecule has 150 valence electrons. The Morgan fingerprint density at radius 1 is 1.03 bits per heavy atom. The molecular weight excluding hydrogens is 358 g/mol. The van der Waals surface area contributed by atoms with Gasteiger partial charge < -0.3 is 5.32 Å². The number of hydrogen-bond donors (Lipinski definition) is 1. The second-order valence-electron chi connectivity index (χ2n) is 8.21. The molecule has 0 aliphatic heterocycles. The van der Waals surface area contributed by atoms with Crippen molar-refractivity contribution in [1.29, 1.82) is 0 Å². The summed E-state index contributed by atoms with van der Waals surface area (Å²) in [6.45, 7) is 6.83. The molecule has 1 aromatic heterocycles. The van der Waals surface area contributed by atoms with Gasteiger partial charge in [-0.15, -0.1) is 0 Å². The molecule has 1 heterocycles. The maximum Gasteiger partial charge on any atom is 0.251 e. The number of aromatic nitrogens is 2. The maximum atomic E-state index is 12.7. The zero-order valence-electron chi connectivity index (χ0n) is 17.5. The average molecular weight is 388 g/mol. The van der Waals surface area contributed by atoms with Crippen LogP contribution in [0.4, 0.5) is 0 Å². The number of nitrogens with zero attached hydrogens (tertiary/aromatic N) is 2. The van der Waals surface area contributed by atoms with Gasteiger partial charge >= 0.3 is 0 Å². The Morgan fingerprint density at radius 2 is 1.76 bits per heavy atom. The van der Waals surface area contributed by atoms with E-state index in [1.807, 2.05) is 35.9 Å². The first-order valence-corrected chi connectivity index (χ1v) is 10.5. The van der Waals surface area contributed by atoms with Crippen LogP contribution in [0.2, 0.25) is 0 Å². The minimum absolute atomic E-state index is 0.0101. The molecule has 2 aromatic carbocycles. The first-order chi connectivity index (χ1) is 14.0. The van der Waals surface area contributed by atoms with Gasteiger partial charge in [0, 0.05) is 11.3 Å². The van der Waals surface area contributed by atoms with Crippen molar-refractivity contribution >= 4 is 5.91 Å². The van der Waals surface area contributed by atoms with Crippen LogP contribution in [-0.2, 0) is 19.4 Å². The summed E-state index contributed by atoms with van der Waals surface area (Å²) in [7, 11) is 0. The van der Waals surface area contributed by atoms with E-state index in [4.69, 9.17) is 0 Å². The van der Waals surface area contributed by atoms with Crippen LogP contribution in [0.5, 0.6) is 0 Å². The molecule has 3 aromatic rings. The molecule has 0 spiro atoms. The number of benzene rings is 2. The molecule has 1 amide bonds. The summed E-state index contributed by atoms with van der Waals surface area (Å²) < 4.78 is 1.99. The van der Waals surface area contributed by atoms with E-state index in [-0.39, 0.29) is 11.9 Å². The van der Waals surface area contributed by atoms with Gasteiger partial charge in [-0.05, 0) is 86.9 Å². The van der Waals surface area contributed by atoms with Crippen LogP contribution in [-0.4, -0.2) is 15.7 Å². The summed E-state index contributed by atoms with van der Waals surface area (Å²) in [5.41, 5.74) is 8.08. The Hall–Kier alpha value is -2.88. The van der Waals surface area contributed by atoms with Crippen LogP contribution in [0.3, 0.4) is 0 Å². The highest BCUT2D eigenvalue weighted by molar-refractivity contribution is 5.94. The third-order valence-electron chi connectivity index (χ3n) is 5.87. The summed E-state index contributed by atoms with van der Waals surface area (Å²) in [5, 5.41) is 7.65. The third kappa shape index (κ3) is 4.42. The van der Waals surface area contributed by atoms with E-state index in [0.717, 1.165) is 23.4 Å². The van der Waals surface area contributed by atoms with Crippen LogP contribution in [0.1, 0.15) is 69.8 Å². The quantitative estimate of drug-likeness (QED) is 0.676. The Bertz CT molecular complexity index is 1020. The number of amides is 1. The number of aryl methyl sites for hydroxylation is 4. The van der Waals surface area contributed by atoms with Gasteiger partial charge in [0.05, 0.1) is 18.3 Å². The van der Waals surface area contributed by atoms with E-state index in [0.29, 0.717) is 12.1 Å². The van der Waals surface area contributed by atoms with Gasteiger partial charge in [-0.1, -0.05) is 30.3 Å². The molecule has 1 N–H and O–H groups in total. The molecule has 0 bridgehead atoms. The zero-order valence-corrected chi connectivity index (χ0v) is 17.5. The van der Waals surface area contributed by atoms with Gasteiger partial charge in [0.1, 0.15) is 0 Å². The lowest BCUT2D eigenvalue weighted by molar-refractivity contribution is 0.0940. The molecule has 1 aliphatic carbocycles. The van der Waals surface area contributed by atoms with Crippen molar-refractivity contribution in [3.05, 3.63) is 87.7 Å². The molecule has 1 atom stereocenters. The summed E-state index contributed by atoms with van der Waals surface area (Å²) in [6.07, 6.45) is 4.89. The molecule has 0 saturated carbocycles. The second-order valence-corrected chi connectivity index (χ2v) is 8.21. The molecule has 0 unspecified atom stereocenters. The zero-order chi connectivity index (χ0) is 20.4. The molecular formula is C25H29N3O. The minimum atomic E-state index is -0.0344. The molecule has 4 nitrogen and oxygen atoms in total. The summed E-state index contributed by atoms with van der Waals surface area (Å²) in [5.74, 6) is -0.0344. The largest absolute Gasteiger partial charge is 0.346 e. The molecule has 4 heteroatoms. The lowest BCUT2D eigenvalue weighted by Crippen LogP contribution is -2.26. The fourth-order valence-electron chi connectivity index (χ4n) is 4.16. The molecule has 0 fully saturated rings. The van der Waals surface area contributed by atoms with E-state index in [2.05, 4.69) is 48.5 Å². The maximum absolute atomic E-state index is 12.7. The molecule has 29 heavy (non-hydrogen) atoms. The predicted molar refractivity (Wildman–Crippen MR) is 116 cm³/mol. The van der Waals surface area contributed by atoms with Gasteiger partial charge in [-0.25, -0.2) is 0 Å². The number of carbonyl (C=O) groups excluding carboxylic acids is 1. The average Bonchev–Trinajstić information content (AvgIpc) is 3.04. The van der Waals surface area contributed by atoms with Crippen molar-refractivity contribution in [3.8, 4) is 0 Å². The van der Waals surface area contributed by atoms with Crippen LogP contribution in [0.15, 0.2) is 48.5 Å². The topological polar surface area (TPSA) is 46.9 Å². The van der Waals surface area contributed by atoms with Crippen LogP contribution in [0.25, 0.3) is 0 Å². The van der Waals surface area contributed by atoms with Crippen molar-refractivity contribution in [2.75, 3.05) is 0 Å². The lowest BCUT2D eigenvalue weighted by atomic mass is 9.89. The Balaban J connectivity index is 1.41. The molecule has 4 rings (SSSR count). The van der Waals surface area contributed by atoms with E-state index >= 15 is 0 Å². The van der Waals surface area contributed by atoms with Gasteiger partial charge in [0.25, 0.3) is 5.91 Å². The van der Waals surface area contributed by atoms with Crippen molar-refractivity contribution in [2.45, 2.75) is 59.0 Å². The molecule has 0 radical (unpaired) electrons. The first kappa shape index (κ1) is 19.4. The van der Waals surface area contributed by atoms with E-state index in [1.165, 1.54) is 36.0 Å². The number of nitrogens with one attached hydrogen (secondary N) is 1. The minimum Gasteiger partial charge on any atom is -0.346 e. The van der Waals surface area contributed by atoms with Gasteiger partial charge in [-0.2, -0.15) is 5.10 Å². The monoisotopic (exact) mass is 387 g/mol. The number of fused-ring (bicyclic) bond motifs is 1. The van der Waals surface area contributed by atoms with Gasteiger partial charge in [-0.3, -0.25) is 9.48 Å². The van der Waals surface area contributed by atoms with Crippen LogP contribution in [0, 0.1) is 13.8 Å². The third-order valence-corrected chi connectivity index (χ3v) is 5.87. The van der Waals surface area contributed by atoms with Crippen LogP contribution >= 0.6 is 0 Å². The van der Waals surface area contributed by atoms with Crippen molar-refractivity contribution in [1.82, 2.24) is 15.1 Å². The SMILES string of the molecule is Cc1cc(C)n(Cc2ccc(C(=O)N[C@H](C)c3ccc4c(c3)CCCC4)cc2)n1. The standard InChI is InChI=1S/C25H29N3O/c1-17-14-18(2)28(27-17)16-20-8-10-22(11-9-20)25(29)26-19(3)23-13-12-21-6-4-5-7-24(21)15-23/h8-15,19H,4-7,16H2,1-3H3,(H,26,29)/t19-/m1/s1. The number of rotatable bonds is 5. The highest BCUT2D eigenvalue weighted by Gasteiger charge is 2.15. The summed E-state index contributed by atoms with van der Waals surface area (Å²) >= 11 is 0. The van der Waals surface area contributed by atoms with Gasteiger partial charge in [0.15, 0.2) is 0 Å². The van der Waals surface area contributed by atoms with E-state index in [9.17, 15) is 4.79 Å². The Morgan fingerprint density at radius 3 is 2.45 bits per heavy atom. The fourth-order valence-corrected chi connectivity index (χ4v) is 4.16. The summed E-state index contributed by atoms with van der Waals surface area (Å²) in [4.78, 5) is 12.7. The highest BCUT2D eigenvalue weighted by Crippen LogP contribution is 2.25. The Kier molecular flexibility index (Phi) is 5.52. The number of hydrogen-bond acceptors (Lipinski definition) is 2. The van der Waals surface area contributed by atoms with Gasteiger partial charge in [0.2, 0.25) is 0 Å².